The van der Waals surface area contributed by atoms with Gasteiger partial charge in [0.1, 0.15) is 0 Å². The second kappa shape index (κ2) is 12.5. The second-order valence-corrected chi connectivity index (χ2v) is 4.51. The average molecular weight is 332 g/mol. The summed E-state index contributed by atoms with van der Waals surface area (Å²) in [6.07, 6.45) is 0. The Bertz CT molecular complexity index is 477. The zero-order valence-corrected chi connectivity index (χ0v) is 15.9. The molecule has 0 fully saturated rings. The van der Waals surface area contributed by atoms with Gasteiger partial charge < -0.3 is 6.26 Å². The molecule has 0 aliphatic carbocycles. The molecule has 0 unspecified atom stereocenters. The van der Waals surface area contributed by atoms with Gasteiger partial charge in [-0.1, -0.05) is 60.7 Å². The molecule has 2 aromatic rings. The number of carbonyl (C=O) groups is 1. The quantitative estimate of drug-likeness (QED) is 0.280. The van der Waals surface area contributed by atoms with Crippen LogP contribution < -0.4 is 56.9 Å². The van der Waals surface area contributed by atoms with Crippen molar-refractivity contribution < 1.29 is 62.4 Å². The number of hydrogen-bond acceptors (Lipinski definition) is 3. The maximum atomic E-state index is 9.33. The van der Waals surface area contributed by atoms with E-state index in [9.17, 15) is 4.79 Å². The third kappa shape index (κ3) is 8.86. The molecule has 0 amide bonds. The number of hydrogen-bond donors (Lipinski definition) is 2. The van der Waals surface area contributed by atoms with E-state index in [1.807, 2.05) is 17.6 Å². The molecule has 0 bridgehead atoms. The van der Waals surface area contributed by atoms with Crippen LogP contribution in [0.3, 0.4) is 0 Å². The molecule has 0 radical (unpaired) electrons. The first-order valence-corrected chi connectivity index (χ1v) is 6.28. The van der Waals surface area contributed by atoms with Gasteiger partial charge in [0.15, 0.2) is 4.32 Å². The molecule has 0 saturated heterocycles. The minimum Gasteiger partial charge on any atom is -1.00 e. The van der Waals surface area contributed by atoms with E-state index in [1.54, 1.807) is 0 Å². The smallest absolute Gasteiger partial charge is 1.00 e. The molecule has 0 aliphatic rings. The van der Waals surface area contributed by atoms with Gasteiger partial charge in [0.05, 0.1) is 0 Å². The number of rotatable bonds is 3. The van der Waals surface area contributed by atoms with Crippen molar-refractivity contribution in [1.29, 1.82) is 0 Å². The summed E-state index contributed by atoms with van der Waals surface area (Å²) in [6.45, 7) is 0.225. The minimum atomic E-state index is 0. The third-order valence-corrected chi connectivity index (χ3v) is 2.25. The molecule has 20 heavy (non-hydrogen) atoms. The normalized spacial score (nSPS) is 8.25. The fraction of sp³-hybridized carbons (Fsp3) is 0. The van der Waals surface area contributed by atoms with Crippen LogP contribution in [0.15, 0.2) is 60.7 Å². The van der Waals surface area contributed by atoms with Crippen molar-refractivity contribution in [3.63, 3.8) is 0 Å². The first-order chi connectivity index (χ1) is 9.24. The fourth-order valence-electron chi connectivity index (χ4n) is 1.34. The van der Waals surface area contributed by atoms with Crippen LogP contribution in [0.5, 0.6) is 0 Å². The molecule has 0 heterocycles. The van der Waals surface area contributed by atoms with Crippen LogP contribution in [0.25, 0.3) is 11.1 Å². The van der Waals surface area contributed by atoms with E-state index in [4.69, 9.17) is 0 Å². The maximum absolute atomic E-state index is 9.33. The van der Waals surface area contributed by atoms with Crippen molar-refractivity contribution in [2.24, 2.45) is 0 Å². The first kappa shape index (κ1) is 19.8. The van der Waals surface area contributed by atoms with Crippen molar-refractivity contribution >= 4 is 35.6 Å². The summed E-state index contributed by atoms with van der Waals surface area (Å²) in [5.41, 5.74) is 4.57. The zero-order chi connectivity index (χ0) is 13.9. The molecule has 0 atom stereocenters. The number of hydroxylamine groups is 1. The Hall–Kier alpha value is -0.214. The number of thiol groups is 1. The molecule has 1 N–H and O–H groups in total. The molecule has 100 valence electrons. The third-order valence-electron chi connectivity index (χ3n) is 2.08. The van der Waals surface area contributed by atoms with Crippen molar-refractivity contribution in [2.45, 2.75) is 0 Å². The number of carbonyl (C=O) groups excluding carboxylic acids is 1. The van der Waals surface area contributed by atoms with Crippen LogP contribution in [-0.4, -0.2) is 10.8 Å². The SMILES string of the molecule is O=CONC(=S)S.[H-].[K+].c1ccc(-c2ccccc2)cc1. The molecule has 0 saturated carbocycles. The largest absolute Gasteiger partial charge is 1.00 e. The number of thiocarbonyl (C=S) groups is 1. The van der Waals surface area contributed by atoms with Gasteiger partial charge in [-0.05, 0) is 23.3 Å². The van der Waals surface area contributed by atoms with Gasteiger partial charge in [-0.2, -0.15) is 0 Å². The van der Waals surface area contributed by atoms with Crippen LogP contribution in [0.2, 0.25) is 0 Å². The molecule has 6 heteroatoms. The minimum absolute atomic E-state index is 0. The predicted octanol–water partition coefficient (Wildman–Crippen LogP) is 0.349. The molecule has 2 aromatic carbocycles. The van der Waals surface area contributed by atoms with Crippen LogP contribution in [0.1, 0.15) is 1.43 Å². The fourth-order valence-corrected chi connectivity index (χ4v) is 1.44. The first-order valence-electron chi connectivity index (χ1n) is 5.42. The summed E-state index contributed by atoms with van der Waals surface area (Å²) in [4.78, 5) is 13.3. The summed E-state index contributed by atoms with van der Waals surface area (Å²) < 4.78 is 0.132. The van der Waals surface area contributed by atoms with E-state index in [1.165, 1.54) is 11.1 Å². The standard InChI is InChI=1S/C12H10.C2H3NO2S2.K.H/c1-3-7-11(8-4-1)12-9-5-2-6-10-12;4-1-5-3-2(6)7;;/h1-10H;1H,(H2,3,6,7);;/q;;+1;-1. The topological polar surface area (TPSA) is 38.3 Å². The van der Waals surface area contributed by atoms with Crippen LogP contribution in [0.4, 0.5) is 0 Å². The Kier molecular flexibility index (Phi) is 12.4. The molecule has 0 spiro atoms. The zero-order valence-electron chi connectivity index (χ0n) is 12.0. The van der Waals surface area contributed by atoms with Crippen molar-refractivity contribution in [3.8, 4) is 11.1 Å². The average Bonchev–Trinajstić information content (AvgIpc) is 2.47. The molecule has 0 aliphatic heterocycles. The Morgan fingerprint density at radius 2 is 1.45 bits per heavy atom. The predicted molar refractivity (Wildman–Crippen MR) is 84.9 cm³/mol. The van der Waals surface area contributed by atoms with Gasteiger partial charge in [0.25, 0.3) is 0 Å². The van der Waals surface area contributed by atoms with E-state index >= 15 is 0 Å². The van der Waals surface area contributed by atoms with E-state index in [-0.39, 0.29) is 63.6 Å². The van der Waals surface area contributed by atoms with Crippen LogP contribution in [-0.2, 0) is 9.63 Å². The van der Waals surface area contributed by atoms with E-state index in [0.717, 1.165) is 0 Å². The summed E-state index contributed by atoms with van der Waals surface area (Å²) in [7, 11) is 0. The number of nitrogens with one attached hydrogen (secondary N) is 1. The van der Waals surface area contributed by atoms with Gasteiger partial charge in [0.2, 0.25) is 0 Å². The Labute approximate surface area is 173 Å². The second-order valence-electron chi connectivity index (χ2n) is 3.35. The summed E-state index contributed by atoms with van der Waals surface area (Å²) >= 11 is 7.90. The summed E-state index contributed by atoms with van der Waals surface area (Å²) in [5, 5.41) is 0. The Morgan fingerprint density at radius 1 is 1.05 bits per heavy atom. The van der Waals surface area contributed by atoms with E-state index in [0.29, 0.717) is 0 Å². The van der Waals surface area contributed by atoms with E-state index < -0.39 is 0 Å². The Morgan fingerprint density at radius 3 is 1.70 bits per heavy atom. The molecule has 2 rings (SSSR count). The van der Waals surface area contributed by atoms with Gasteiger partial charge in [0, 0.05) is 0 Å². The molecule has 3 nitrogen and oxygen atoms in total. The molecular formula is C14H14KNO2S2. The van der Waals surface area contributed by atoms with Crippen LogP contribution >= 0.6 is 24.8 Å². The van der Waals surface area contributed by atoms with Gasteiger partial charge in [-0.25, -0.2) is 5.48 Å². The molecular weight excluding hydrogens is 317 g/mol. The van der Waals surface area contributed by atoms with Crippen LogP contribution in [0, 0.1) is 0 Å². The van der Waals surface area contributed by atoms with Gasteiger partial charge >= 0.3 is 57.9 Å². The molecule has 0 aromatic heterocycles. The van der Waals surface area contributed by atoms with E-state index in [2.05, 4.69) is 78.2 Å². The number of benzene rings is 2. The van der Waals surface area contributed by atoms with Gasteiger partial charge in [-0.15, -0.1) is 12.6 Å². The summed E-state index contributed by atoms with van der Waals surface area (Å²) in [5.74, 6) is 0. The van der Waals surface area contributed by atoms with Crippen molar-refractivity contribution in [1.82, 2.24) is 5.48 Å². The Balaban J connectivity index is 0. The monoisotopic (exact) mass is 331 g/mol. The maximum Gasteiger partial charge on any atom is 1.00 e. The summed E-state index contributed by atoms with van der Waals surface area (Å²) in [6, 6.07) is 20.8. The van der Waals surface area contributed by atoms with Gasteiger partial charge in [-0.3, -0.25) is 4.79 Å². The van der Waals surface area contributed by atoms with Crippen molar-refractivity contribution in [2.75, 3.05) is 0 Å². The van der Waals surface area contributed by atoms with Crippen molar-refractivity contribution in [3.05, 3.63) is 60.7 Å².